The molecule has 0 spiro atoms. The predicted octanol–water partition coefficient (Wildman–Crippen LogP) is 15.0. The van der Waals surface area contributed by atoms with Crippen molar-refractivity contribution in [3.8, 4) is 0 Å². The van der Waals surface area contributed by atoms with E-state index in [0.29, 0.717) is 12.3 Å². The lowest BCUT2D eigenvalue weighted by atomic mass is 9.34. The van der Waals surface area contributed by atoms with Gasteiger partial charge in [0.1, 0.15) is 0 Å². The van der Waals surface area contributed by atoms with Gasteiger partial charge in [0.2, 0.25) is 0 Å². The molecule has 0 aliphatic heterocycles. The van der Waals surface area contributed by atoms with E-state index in [4.69, 9.17) is 7.85 Å². The van der Waals surface area contributed by atoms with Crippen molar-refractivity contribution < 1.29 is 5.11 Å². The summed E-state index contributed by atoms with van der Waals surface area (Å²) in [5, 5.41) is 12.3. The summed E-state index contributed by atoms with van der Waals surface area (Å²) in [6, 6.07) is 0. The second-order valence-corrected chi connectivity index (χ2v) is 25.7. The molecular formula is C48H95BO. The largest absolute Gasteiger partial charge is 0.393 e. The summed E-state index contributed by atoms with van der Waals surface area (Å²) in [7, 11) is 7.34. The van der Waals surface area contributed by atoms with Crippen molar-refractivity contribution in [2.75, 3.05) is 0 Å². The van der Waals surface area contributed by atoms with E-state index in [1.165, 1.54) is 0 Å². The van der Waals surface area contributed by atoms with E-state index in [1.54, 1.807) is 0 Å². The monoisotopic (exact) mass is 699 g/mol. The van der Waals surface area contributed by atoms with Crippen LogP contribution in [0.2, 0.25) is 5.82 Å². The van der Waals surface area contributed by atoms with Gasteiger partial charge in [0, 0.05) is 0 Å². The topological polar surface area (TPSA) is 20.2 Å². The molecule has 2 radical (unpaired) electrons. The van der Waals surface area contributed by atoms with Crippen molar-refractivity contribution in [1.29, 1.82) is 0 Å². The van der Waals surface area contributed by atoms with Crippen LogP contribution in [-0.2, 0) is 0 Å². The van der Waals surface area contributed by atoms with Gasteiger partial charge < -0.3 is 5.11 Å². The van der Waals surface area contributed by atoms with Crippen LogP contribution in [0.15, 0.2) is 0 Å². The maximum Gasteiger partial charge on any atom is 0.0705 e. The average Bonchev–Trinajstić information content (AvgIpc) is 3.21. The van der Waals surface area contributed by atoms with Crippen LogP contribution in [-0.4, -0.2) is 19.1 Å². The average molecular weight is 699 g/mol. The minimum atomic E-state index is -0.440. The summed E-state index contributed by atoms with van der Waals surface area (Å²) < 4.78 is 0. The molecule has 0 aromatic rings. The lowest BCUT2D eigenvalue weighted by Crippen LogP contribution is -2.64. The van der Waals surface area contributed by atoms with Crippen LogP contribution < -0.4 is 0 Å². The zero-order valence-corrected chi connectivity index (χ0v) is 40.1. The molecule has 0 amide bonds. The van der Waals surface area contributed by atoms with Gasteiger partial charge in [-0.15, -0.1) is 0 Å². The molecule has 0 saturated heterocycles. The molecule has 2 heteroatoms. The van der Waals surface area contributed by atoms with Gasteiger partial charge in [0.15, 0.2) is 0 Å². The Labute approximate surface area is 319 Å². The summed E-state index contributed by atoms with van der Waals surface area (Å²) >= 11 is 0. The van der Waals surface area contributed by atoms with Crippen LogP contribution in [0.1, 0.15) is 207 Å². The Bertz CT molecular complexity index is 1190. The normalized spacial score (nSPS) is 24.0. The highest BCUT2D eigenvalue weighted by atomic mass is 16.3. The molecule has 296 valence electrons. The summed E-state index contributed by atoms with van der Waals surface area (Å²) in [6.45, 7) is 72.4. The van der Waals surface area contributed by atoms with Crippen LogP contribution in [0, 0.1) is 88.1 Å². The lowest BCUT2D eigenvalue weighted by molar-refractivity contribution is -0.222. The fourth-order valence-electron chi connectivity index (χ4n) is 11.8. The Morgan fingerprint density at radius 2 is 0.660 bits per heavy atom. The molecule has 1 aliphatic carbocycles. The second kappa shape index (κ2) is 12.8. The Morgan fingerprint density at radius 3 is 0.960 bits per heavy atom. The van der Waals surface area contributed by atoms with E-state index in [2.05, 4.69) is 201 Å². The molecule has 0 aromatic carbocycles. The fraction of sp³-hybridized carbons (Fsp3) is 1.00. The zero-order valence-electron chi connectivity index (χ0n) is 40.1. The highest BCUT2D eigenvalue weighted by Crippen LogP contribution is 2.75. The highest BCUT2D eigenvalue weighted by molar-refractivity contribution is 6.12. The standard InChI is InChI=1S/C48H95BO/c1-31(2)37(6,7)41(14,15)45(22,23)46(24,25)42(16,17)38(8,9)34-32(49)30-33(50)35(34)39(10,11)43(18,19)47(26,27)48(28,29)44(20,21)40(12,13)36(3,4)5/h31-35,50H,30H2,1-29H3. The minimum Gasteiger partial charge on any atom is -0.393 e. The molecule has 0 bridgehead atoms. The molecule has 1 saturated carbocycles. The fourth-order valence-corrected chi connectivity index (χ4v) is 11.8. The first-order chi connectivity index (χ1) is 21.2. The van der Waals surface area contributed by atoms with Gasteiger partial charge in [-0.3, -0.25) is 0 Å². The summed E-state index contributed by atoms with van der Waals surface area (Å²) in [5.41, 5.74) is -0.499. The Morgan fingerprint density at radius 1 is 0.400 bits per heavy atom. The number of aliphatic hydroxyl groups is 1. The molecule has 50 heavy (non-hydrogen) atoms. The molecule has 4 atom stereocenters. The van der Waals surface area contributed by atoms with Gasteiger partial charge in [0.05, 0.1) is 14.0 Å². The SMILES string of the molecule is [B]C1CC(O)C(C(C)(C)C(C)(C)C(C)(C)C(C)(C)C(C)(C)C(C)(C)C(C)(C)C)C1C(C)(C)C(C)(C)C(C)(C)C(C)(C)C(C)(C)C(C)(C)C(C)C. The third-order valence-corrected chi connectivity index (χ3v) is 22.5. The van der Waals surface area contributed by atoms with E-state index in [9.17, 15) is 5.11 Å². The number of aliphatic hydroxyl groups excluding tert-OH is 1. The van der Waals surface area contributed by atoms with E-state index in [0.717, 1.165) is 0 Å². The third-order valence-electron chi connectivity index (χ3n) is 22.5. The highest BCUT2D eigenvalue weighted by Gasteiger charge is 2.69. The van der Waals surface area contributed by atoms with Crippen LogP contribution in [0.4, 0.5) is 0 Å². The molecule has 1 fully saturated rings. The van der Waals surface area contributed by atoms with Crippen molar-refractivity contribution in [1.82, 2.24) is 0 Å². The van der Waals surface area contributed by atoms with Gasteiger partial charge >= 0.3 is 0 Å². The van der Waals surface area contributed by atoms with Crippen LogP contribution >= 0.6 is 0 Å². The van der Waals surface area contributed by atoms with Crippen LogP contribution in [0.5, 0.6) is 0 Å². The van der Waals surface area contributed by atoms with Crippen molar-refractivity contribution in [2.45, 2.75) is 219 Å². The summed E-state index contributed by atoms with van der Waals surface area (Å²) in [6.07, 6.45) is 0.223. The van der Waals surface area contributed by atoms with E-state index in [1.807, 2.05) is 0 Å². The quantitative estimate of drug-likeness (QED) is 0.190. The van der Waals surface area contributed by atoms with E-state index in [-0.39, 0.29) is 88.0 Å². The molecule has 1 aliphatic rings. The number of hydrogen-bond acceptors (Lipinski definition) is 1. The summed E-state index contributed by atoms with van der Waals surface area (Å²) in [5.74, 6) is 0.692. The molecule has 0 aromatic heterocycles. The van der Waals surface area contributed by atoms with E-state index < -0.39 is 6.10 Å². The molecule has 1 nitrogen and oxygen atoms in total. The lowest BCUT2D eigenvalue weighted by Gasteiger charge is -2.70. The maximum atomic E-state index is 12.3. The number of hydrogen-bond donors (Lipinski definition) is 1. The van der Waals surface area contributed by atoms with Gasteiger partial charge in [0.25, 0.3) is 0 Å². The van der Waals surface area contributed by atoms with Crippen molar-refractivity contribution >= 4 is 7.85 Å². The van der Waals surface area contributed by atoms with Gasteiger partial charge in [-0.2, -0.15) is 0 Å². The molecular weight excluding hydrogens is 603 g/mol. The molecule has 1 N–H and O–H groups in total. The Kier molecular flexibility index (Phi) is 12.3. The van der Waals surface area contributed by atoms with Gasteiger partial charge in [-0.25, -0.2) is 0 Å². The number of rotatable bonds is 13. The van der Waals surface area contributed by atoms with Gasteiger partial charge in [-0.1, -0.05) is 207 Å². The van der Waals surface area contributed by atoms with Crippen LogP contribution in [0.3, 0.4) is 0 Å². The molecule has 1 rings (SSSR count). The van der Waals surface area contributed by atoms with Gasteiger partial charge in [-0.05, 0) is 94.6 Å². The smallest absolute Gasteiger partial charge is 0.0705 e. The zero-order chi connectivity index (χ0) is 41.1. The summed E-state index contributed by atoms with van der Waals surface area (Å²) in [4.78, 5) is 0. The third kappa shape index (κ3) is 6.00. The maximum absolute atomic E-state index is 12.3. The minimum absolute atomic E-state index is 0.00658. The molecule has 0 heterocycles. The first-order valence-electron chi connectivity index (χ1n) is 20.7. The van der Waals surface area contributed by atoms with E-state index >= 15 is 0 Å². The van der Waals surface area contributed by atoms with Crippen molar-refractivity contribution in [3.05, 3.63) is 0 Å². The Hall–Kier alpha value is 0.0249. The van der Waals surface area contributed by atoms with Crippen LogP contribution in [0.25, 0.3) is 0 Å². The van der Waals surface area contributed by atoms with Crippen molar-refractivity contribution in [3.63, 3.8) is 0 Å². The molecule has 4 unspecified atom stereocenters. The Balaban J connectivity index is 4.04. The van der Waals surface area contributed by atoms with Crippen molar-refractivity contribution in [2.24, 2.45) is 88.1 Å². The predicted molar refractivity (Wildman–Crippen MR) is 227 cm³/mol. The second-order valence-electron chi connectivity index (χ2n) is 25.7. The first kappa shape index (κ1) is 48.0. The first-order valence-corrected chi connectivity index (χ1v) is 20.7.